The predicted octanol–water partition coefficient (Wildman–Crippen LogP) is 17.2. The standard InChI is InChI=1S/C68H108N2O8S2/c1-3-5-7-9-11-13-15-17-19-21-23-25-27-29-31-33-65(71)77-63-39-35-59(36-40-63)55-67(73)75-57-61-43-47-69(48-44-61)51-53-79-80-54-52-70-49-45-62(46-50-70)58-76-68(74)56-60-37-41-64(42-38-60)78-66(72)34-32-30-28-26-24-22-20-18-16-14-12-10-8-6-4-2/h17-20,35-42,61-62H,3-16,21-34,43-58H2,1-2H3/b19-17-,20-18-. The van der Waals surface area contributed by atoms with Gasteiger partial charge in [-0.2, -0.15) is 0 Å². The number of nitrogens with zero attached hydrogens (tertiary/aromatic N) is 2. The molecule has 4 rings (SSSR count). The fourth-order valence-corrected chi connectivity index (χ4v) is 12.5. The van der Waals surface area contributed by atoms with E-state index in [9.17, 15) is 19.2 Å². The summed E-state index contributed by atoms with van der Waals surface area (Å²) in [6, 6.07) is 14.5. The molecule has 450 valence electrons. The lowest BCUT2D eigenvalue weighted by atomic mass is 9.98. The van der Waals surface area contributed by atoms with Crippen molar-refractivity contribution in [2.24, 2.45) is 11.8 Å². The third-order valence-electron chi connectivity index (χ3n) is 15.7. The van der Waals surface area contributed by atoms with Crippen molar-refractivity contribution in [2.45, 2.75) is 232 Å². The van der Waals surface area contributed by atoms with Crippen molar-refractivity contribution in [1.82, 2.24) is 9.80 Å². The fourth-order valence-electron chi connectivity index (χ4n) is 10.5. The number of hydrogen-bond acceptors (Lipinski definition) is 12. The summed E-state index contributed by atoms with van der Waals surface area (Å²) in [6.45, 7) is 11.8. The molecule has 2 aliphatic heterocycles. The van der Waals surface area contributed by atoms with Crippen LogP contribution in [0.3, 0.4) is 0 Å². The Morgan fingerprint density at radius 1 is 0.425 bits per heavy atom. The van der Waals surface area contributed by atoms with Crippen LogP contribution in [-0.2, 0) is 41.5 Å². The Kier molecular flexibility index (Phi) is 40.4. The van der Waals surface area contributed by atoms with Crippen LogP contribution in [-0.4, -0.2) is 97.7 Å². The first kappa shape index (κ1) is 68.9. The van der Waals surface area contributed by atoms with Crippen LogP contribution < -0.4 is 9.47 Å². The van der Waals surface area contributed by atoms with Crippen LogP contribution in [0.5, 0.6) is 11.5 Å². The van der Waals surface area contributed by atoms with Gasteiger partial charge in [0.15, 0.2) is 0 Å². The smallest absolute Gasteiger partial charge is 0.311 e. The Bertz CT molecular complexity index is 1810. The van der Waals surface area contributed by atoms with Gasteiger partial charge in [-0.3, -0.25) is 19.2 Å². The lowest BCUT2D eigenvalue weighted by Gasteiger charge is -2.32. The highest BCUT2D eigenvalue weighted by Crippen LogP contribution is 2.26. The third-order valence-corrected chi connectivity index (χ3v) is 18.1. The van der Waals surface area contributed by atoms with E-state index in [0.29, 0.717) is 49.4 Å². The molecule has 12 heteroatoms. The van der Waals surface area contributed by atoms with E-state index in [1.165, 1.54) is 116 Å². The molecule has 2 aliphatic rings. The number of allylic oxidation sites excluding steroid dienone is 4. The molecule has 0 bridgehead atoms. The van der Waals surface area contributed by atoms with E-state index >= 15 is 0 Å². The molecule has 10 nitrogen and oxygen atoms in total. The molecule has 2 aromatic rings. The SMILES string of the molecule is CCCCCCCC/C=C\CCCCCCCC(=O)Oc1ccc(CC(=O)OCC2CCN(CCSSCCN3CCC(COC(=O)Cc4ccc(OC(=O)CCCCCCC/C=C\CCCCCCCC)cc4)CC3)CC2)cc1. The van der Waals surface area contributed by atoms with Crippen LogP contribution in [0.15, 0.2) is 72.8 Å². The van der Waals surface area contributed by atoms with Crippen LogP contribution >= 0.6 is 21.6 Å². The van der Waals surface area contributed by atoms with Crippen molar-refractivity contribution in [2.75, 3.05) is 64.0 Å². The average Bonchev–Trinajstić information content (AvgIpc) is 3.47. The van der Waals surface area contributed by atoms with Gasteiger partial charge in [-0.1, -0.05) is 187 Å². The minimum absolute atomic E-state index is 0.199. The van der Waals surface area contributed by atoms with Crippen molar-refractivity contribution >= 4 is 45.5 Å². The van der Waals surface area contributed by atoms with Gasteiger partial charge in [0.2, 0.25) is 0 Å². The summed E-state index contributed by atoms with van der Waals surface area (Å²) in [4.78, 5) is 55.3. The lowest BCUT2D eigenvalue weighted by Crippen LogP contribution is -2.37. The Hall–Kier alpha value is -3.58. The minimum atomic E-state index is -0.212. The molecule has 0 aliphatic carbocycles. The summed E-state index contributed by atoms with van der Waals surface area (Å²) in [5, 5.41) is 0. The monoisotopic (exact) mass is 1140 g/mol. The Balaban J connectivity index is 0.896. The minimum Gasteiger partial charge on any atom is -0.465 e. The number of esters is 4. The number of benzene rings is 2. The highest BCUT2D eigenvalue weighted by Gasteiger charge is 2.22. The van der Waals surface area contributed by atoms with Crippen LogP contribution in [0, 0.1) is 11.8 Å². The van der Waals surface area contributed by atoms with Crippen LogP contribution in [0.25, 0.3) is 0 Å². The van der Waals surface area contributed by atoms with Gasteiger partial charge in [0.05, 0.1) is 26.1 Å². The Morgan fingerprint density at radius 3 is 1.07 bits per heavy atom. The molecule has 0 N–H and O–H groups in total. The molecule has 80 heavy (non-hydrogen) atoms. The van der Waals surface area contributed by atoms with E-state index in [4.69, 9.17) is 18.9 Å². The molecule has 2 fully saturated rings. The Labute approximate surface area is 494 Å². The zero-order chi connectivity index (χ0) is 56.8. The summed E-state index contributed by atoms with van der Waals surface area (Å²) in [6.07, 6.45) is 46.8. The summed E-state index contributed by atoms with van der Waals surface area (Å²) in [5.41, 5.74) is 1.71. The number of rotatable bonds is 47. The van der Waals surface area contributed by atoms with Gasteiger partial charge in [0.1, 0.15) is 11.5 Å². The predicted molar refractivity (Wildman–Crippen MR) is 336 cm³/mol. The largest absolute Gasteiger partial charge is 0.465 e. The zero-order valence-electron chi connectivity index (χ0n) is 50.2. The van der Waals surface area contributed by atoms with Crippen LogP contribution in [0.1, 0.15) is 230 Å². The van der Waals surface area contributed by atoms with Crippen molar-refractivity contribution in [3.05, 3.63) is 84.0 Å². The summed E-state index contributed by atoms with van der Waals surface area (Å²) in [5.74, 6) is 3.22. The highest BCUT2D eigenvalue weighted by molar-refractivity contribution is 8.76. The summed E-state index contributed by atoms with van der Waals surface area (Å²) in [7, 11) is 3.92. The molecule has 0 radical (unpaired) electrons. The second-order valence-electron chi connectivity index (χ2n) is 22.8. The number of likely N-dealkylation sites (tertiary alicyclic amines) is 2. The fraction of sp³-hybridized carbons (Fsp3) is 0.706. The molecule has 0 saturated carbocycles. The number of piperidine rings is 2. The van der Waals surface area contributed by atoms with Crippen molar-refractivity contribution in [3.8, 4) is 11.5 Å². The van der Waals surface area contributed by atoms with Gasteiger partial charge >= 0.3 is 23.9 Å². The molecule has 2 saturated heterocycles. The first-order valence-electron chi connectivity index (χ1n) is 32.2. The molecule has 0 unspecified atom stereocenters. The maximum Gasteiger partial charge on any atom is 0.311 e. The molecule has 2 heterocycles. The molecule has 0 aromatic heterocycles. The second-order valence-corrected chi connectivity index (χ2v) is 25.5. The van der Waals surface area contributed by atoms with Crippen LogP contribution in [0.4, 0.5) is 0 Å². The molecule has 2 aromatic carbocycles. The maximum atomic E-state index is 12.7. The molecule has 0 amide bonds. The number of unbranched alkanes of at least 4 members (excludes halogenated alkanes) is 22. The molecular formula is C68H108N2O8S2. The van der Waals surface area contributed by atoms with E-state index in [-0.39, 0.29) is 36.7 Å². The average molecular weight is 1150 g/mol. The second kappa shape index (κ2) is 46.9. The third kappa shape index (κ3) is 36.1. The van der Waals surface area contributed by atoms with Gasteiger partial charge in [0, 0.05) is 37.4 Å². The lowest BCUT2D eigenvalue weighted by molar-refractivity contribution is -0.145. The van der Waals surface area contributed by atoms with Gasteiger partial charge in [-0.25, -0.2) is 0 Å². The quantitative estimate of drug-likeness (QED) is 0.0207. The Morgan fingerprint density at radius 2 is 0.738 bits per heavy atom. The van der Waals surface area contributed by atoms with E-state index in [1.807, 2.05) is 45.9 Å². The van der Waals surface area contributed by atoms with Crippen molar-refractivity contribution < 1.29 is 38.1 Å². The molecule has 0 atom stereocenters. The summed E-state index contributed by atoms with van der Waals surface area (Å²) >= 11 is 0. The summed E-state index contributed by atoms with van der Waals surface area (Å²) < 4.78 is 22.5. The van der Waals surface area contributed by atoms with Crippen LogP contribution in [0.2, 0.25) is 0 Å². The van der Waals surface area contributed by atoms with Gasteiger partial charge in [0.25, 0.3) is 0 Å². The maximum absolute atomic E-state index is 12.7. The van der Waals surface area contributed by atoms with Gasteiger partial charge in [-0.15, -0.1) is 0 Å². The van der Waals surface area contributed by atoms with E-state index < -0.39 is 0 Å². The normalized spacial score (nSPS) is 14.8. The van der Waals surface area contributed by atoms with E-state index in [0.717, 1.165) is 139 Å². The molecule has 0 spiro atoms. The number of hydrogen-bond donors (Lipinski definition) is 0. The highest BCUT2D eigenvalue weighted by atomic mass is 33.1. The topological polar surface area (TPSA) is 112 Å². The number of carbonyl (C=O) groups excluding carboxylic acids is 4. The number of ether oxygens (including phenoxy) is 4. The van der Waals surface area contributed by atoms with E-state index in [1.54, 1.807) is 24.3 Å². The molecular weight excluding hydrogens is 1040 g/mol. The van der Waals surface area contributed by atoms with E-state index in [2.05, 4.69) is 48.0 Å². The number of carbonyl (C=O) groups is 4. The zero-order valence-corrected chi connectivity index (χ0v) is 51.8. The first-order valence-corrected chi connectivity index (χ1v) is 34.7. The van der Waals surface area contributed by atoms with Gasteiger partial charge in [-0.05, 0) is 163 Å². The van der Waals surface area contributed by atoms with Gasteiger partial charge < -0.3 is 28.7 Å². The van der Waals surface area contributed by atoms with Crippen molar-refractivity contribution in [3.63, 3.8) is 0 Å². The van der Waals surface area contributed by atoms with Crippen molar-refractivity contribution in [1.29, 1.82) is 0 Å². The first-order chi connectivity index (χ1) is 39.3.